The van der Waals surface area contributed by atoms with E-state index in [4.69, 9.17) is 11.6 Å². The molecular weight excluding hydrogens is 381 g/mol. The van der Waals surface area contributed by atoms with Crippen LogP contribution >= 0.6 is 11.6 Å². The van der Waals surface area contributed by atoms with Gasteiger partial charge < -0.3 is 19.9 Å². The van der Waals surface area contributed by atoms with Gasteiger partial charge in [0.05, 0.1) is 12.0 Å². The van der Waals surface area contributed by atoms with Crippen LogP contribution < -0.4 is 5.32 Å². The maximum absolute atomic E-state index is 13.1. The zero-order chi connectivity index (χ0) is 19.5. The van der Waals surface area contributed by atoms with E-state index in [2.05, 4.69) is 15.3 Å². The van der Waals surface area contributed by atoms with Gasteiger partial charge >= 0.3 is 0 Å². The minimum atomic E-state index is -1.05. The van der Waals surface area contributed by atoms with Gasteiger partial charge in [0.2, 0.25) is 12.3 Å². The number of hydrogen-bond donors (Lipinski definition) is 2. The molecule has 1 aliphatic heterocycles. The van der Waals surface area contributed by atoms with Gasteiger partial charge in [-0.3, -0.25) is 0 Å². The quantitative estimate of drug-likeness (QED) is 0.702. The van der Waals surface area contributed by atoms with Crippen LogP contribution in [-0.2, 0) is 6.54 Å². The van der Waals surface area contributed by atoms with Crippen molar-refractivity contribution in [3.05, 3.63) is 83.4 Å². The second-order valence-electron chi connectivity index (χ2n) is 6.25. The molecule has 1 atom stereocenters. The fourth-order valence-corrected chi connectivity index (χ4v) is 2.89. The Labute approximate surface area is 166 Å². The van der Waals surface area contributed by atoms with Gasteiger partial charge in [-0.2, -0.15) is 4.99 Å². The monoisotopic (exact) mass is 397 g/mol. The Morgan fingerprint density at radius 1 is 1.07 bits per heavy atom. The number of rotatable bonds is 4. The average molecular weight is 398 g/mol. The molecule has 28 heavy (non-hydrogen) atoms. The molecule has 0 amide bonds. The number of halogens is 2. The molecular formula is C20H17ClFN5O. The van der Waals surface area contributed by atoms with Crippen LogP contribution in [0, 0.1) is 5.82 Å². The lowest BCUT2D eigenvalue weighted by atomic mass is 10.2. The Balaban J connectivity index is 1.40. The summed E-state index contributed by atoms with van der Waals surface area (Å²) in [4.78, 5) is 10.0. The van der Waals surface area contributed by atoms with E-state index in [0.29, 0.717) is 17.5 Å². The lowest BCUT2D eigenvalue weighted by Gasteiger charge is -2.26. The maximum Gasteiger partial charge on any atom is 0.230 e. The third-order valence-corrected chi connectivity index (χ3v) is 4.47. The van der Waals surface area contributed by atoms with Crippen molar-refractivity contribution >= 4 is 29.6 Å². The lowest BCUT2D eigenvalue weighted by molar-refractivity contribution is 0.0586. The van der Waals surface area contributed by atoms with Crippen molar-refractivity contribution in [2.75, 3.05) is 5.32 Å². The van der Waals surface area contributed by atoms with Gasteiger partial charge in [-0.05, 0) is 48.0 Å². The molecule has 142 valence electrons. The molecule has 1 aromatic heterocycles. The van der Waals surface area contributed by atoms with E-state index in [1.165, 1.54) is 12.1 Å². The third-order valence-electron chi connectivity index (χ3n) is 4.21. The maximum atomic E-state index is 13.1. The Kier molecular flexibility index (Phi) is 5.10. The normalized spacial score (nSPS) is 16.2. The molecule has 2 heterocycles. The zero-order valence-electron chi connectivity index (χ0n) is 14.7. The molecule has 0 fully saturated rings. The first-order valence-corrected chi connectivity index (χ1v) is 8.96. The van der Waals surface area contributed by atoms with Crippen LogP contribution in [0.1, 0.15) is 5.56 Å². The molecule has 4 rings (SSSR count). The minimum Gasteiger partial charge on any atom is -0.355 e. The lowest BCUT2D eigenvalue weighted by Crippen LogP contribution is -2.37. The SMILES string of the molecule is OC1N=C(Nc2ccn(-c3ccc(F)cc3)c2)N=CN1Cc1ccc(Cl)cc1. The first-order valence-electron chi connectivity index (χ1n) is 8.58. The molecule has 6 nitrogen and oxygen atoms in total. The van der Waals surface area contributed by atoms with E-state index >= 15 is 0 Å². The summed E-state index contributed by atoms with van der Waals surface area (Å²) >= 11 is 5.89. The van der Waals surface area contributed by atoms with Gasteiger partial charge in [0.1, 0.15) is 5.82 Å². The van der Waals surface area contributed by atoms with Gasteiger partial charge in [0.25, 0.3) is 0 Å². The Morgan fingerprint density at radius 2 is 1.82 bits per heavy atom. The Hall–Kier alpha value is -3.16. The number of aromatic nitrogens is 1. The number of nitrogens with one attached hydrogen (secondary N) is 1. The van der Waals surface area contributed by atoms with Crippen LogP contribution in [0.25, 0.3) is 5.69 Å². The van der Waals surface area contributed by atoms with Crippen molar-refractivity contribution < 1.29 is 9.50 Å². The van der Waals surface area contributed by atoms with E-state index in [9.17, 15) is 9.50 Å². The molecule has 1 aliphatic rings. The van der Waals surface area contributed by atoms with Crippen LogP contribution in [0.15, 0.2) is 77.0 Å². The number of benzene rings is 2. The Bertz CT molecular complexity index is 1010. The second kappa shape index (κ2) is 7.84. The summed E-state index contributed by atoms with van der Waals surface area (Å²) in [5.41, 5.74) is 2.56. The number of hydrogen-bond acceptors (Lipinski definition) is 5. The largest absolute Gasteiger partial charge is 0.355 e. The standard InChI is InChI=1S/C20H17ClFN5O/c21-15-3-1-14(2-4-15)11-27-13-23-19(25-20(27)28)24-17-9-10-26(12-17)18-7-5-16(22)6-8-18/h1-10,12-13,20,28H,11H2,(H,24,25). The predicted molar refractivity (Wildman–Crippen MR) is 108 cm³/mol. The van der Waals surface area contributed by atoms with Crippen molar-refractivity contribution in [1.29, 1.82) is 0 Å². The van der Waals surface area contributed by atoms with E-state index in [1.807, 2.05) is 35.2 Å². The molecule has 0 radical (unpaired) electrons. The summed E-state index contributed by atoms with van der Waals surface area (Å²) in [5, 5.41) is 14.0. The minimum absolute atomic E-state index is 0.280. The molecule has 0 aliphatic carbocycles. The number of anilines is 1. The molecule has 0 bridgehead atoms. The number of nitrogens with zero attached hydrogens (tertiary/aromatic N) is 4. The molecule has 3 aromatic rings. The topological polar surface area (TPSA) is 65.2 Å². The van der Waals surface area contributed by atoms with Crippen LogP contribution in [0.2, 0.25) is 5.02 Å². The van der Waals surface area contributed by atoms with Gasteiger partial charge in [-0.15, -0.1) is 0 Å². The zero-order valence-corrected chi connectivity index (χ0v) is 15.5. The highest BCUT2D eigenvalue weighted by molar-refractivity contribution is 6.30. The van der Waals surface area contributed by atoms with Crippen molar-refractivity contribution in [1.82, 2.24) is 9.47 Å². The van der Waals surface area contributed by atoms with E-state index in [0.717, 1.165) is 16.9 Å². The Morgan fingerprint density at radius 3 is 2.54 bits per heavy atom. The number of guanidine groups is 1. The van der Waals surface area contributed by atoms with E-state index in [1.54, 1.807) is 35.5 Å². The molecule has 2 N–H and O–H groups in total. The van der Waals surface area contributed by atoms with Crippen LogP contribution in [-0.4, -0.2) is 33.2 Å². The summed E-state index contributed by atoms with van der Waals surface area (Å²) in [6, 6.07) is 15.4. The van der Waals surface area contributed by atoms with Crippen molar-refractivity contribution in [3.63, 3.8) is 0 Å². The van der Waals surface area contributed by atoms with Gasteiger partial charge in [0, 0.05) is 29.6 Å². The van der Waals surface area contributed by atoms with E-state index < -0.39 is 6.35 Å². The molecule has 8 heteroatoms. The number of aliphatic imine (C=N–C) groups is 2. The summed E-state index contributed by atoms with van der Waals surface area (Å²) in [6.07, 6.45) is 4.17. The molecule has 1 unspecified atom stereocenters. The molecule has 2 aromatic carbocycles. The fraction of sp³-hybridized carbons (Fsp3) is 0.100. The smallest absolute Gasteiger partial charge is 0.230 e. The van der Waals surface area contributed by atoms with Crippen molar-refractivity contribution in [2.24, 2.45) is 9.98 Å². The third kappa shape index (κ3) is 4.21. The highest BCUT2D eigenvalue weighted by Crippen LogP contribution is 2.17. The van der Waals surface area contributed by atoms with E-state index in [-0.39, 0.29) is 5.82 Å². The van der Waals surface area contributed by atoms with Crippen molar-refractivity contribution in [3.8, 4) is 5.69 Å². The predicted octanol–water partition coefficient (Wildman–Crippen LogP) is 3.86. The number of aliphatic hydroxyl groups excluding tert-OH is 1. The number of aliphatic hydroxyl groups is 1. The molecule has 0 saturated heterocycles. The summed E-state index contributed by atoms with van der Waals surface area (Å²) < 4.78 is 14.9. The van der Waals surface area contributed by atoms with Crippen molar-refractivity contribution in [2.45, 2.75) is 12.9 Å². The summed E-state index contributed by atoms with van der Waals surface area (Å²) in [6.45, 7) is 0.458. The van der Waals surface area contributed by atoms with Crippen LogP contribution in [0.3, 0.4) is 0 Å². The second-order valence-corrected chi connectivity index (χ2v) is 6.69. The highest BCUT2D eigenvalue weighted by Gasteiger charge is 2.17. The van der Waals surface area contributed by atoms with Crippen LogP contribution in [0.5, 0.6) is 0 Å². The van der Waals surface area contributed by atoms with Gasteiger partial charge in [-0.25, -0.2) is 9.38 Å². The highest BCUT2D eigenvalue weighted by atomic mass is 35.5. The first kappa shape index (κ1) is 18.2. The molecule has 0 saturated carbocycles. The molecule has 0 spiro atoms. The van der Waals surface area contributed by atoms with Gasteiger partial charge in [0.15, 0.2) is 0 Å². The summed E-state index contributed by atoms with van der Waals surface area (Å²) in [5.74, 6) is 0.0222. The first-order chi connectivity index (χ1) is 13.6. The average Bonchev–Trinajstić information content (AvgIpc) is 3.15. The summed E-state index contributed by atoms with van der Waals surface area (Å²) in [7, 11) is 0. The van der Waals surface area contributed by atoms with Gasteiger partial charge in [-0.1, -0.05) is 23.7 Å². The fourth-order valence-electron chi connectivity index (χ4n) is 2.77. The van der Waals surface area contributed by atoms with Crippen LogP contribution in [0.4, 0.5) is 10.1 Å².